The van der Waals surface area contributed by atoms with Gasteiger partial charge < -0.3 is 10.4 Å². The minimum Gasteiger partial charge on any atom is -0.478 e. The van der Waals surface area contributed by atoms with E-state index in [1.807, 2.05) is 19.9 Å². The van der Waals surface area contributed by atoms with Crippen LogP contribution in [0, 0.1) is 13.8 Å². The normalized spacial score (nSPS) is 10.4. The van der Waals surface area contributed by atoms with Crippen LogP contribution in [0.4, 0.5) is 5.69 Å². The van der Waals surface area contributed by atoms with E-state index in [1.165, 1.54) is 11.3 Å². The molecule has 1 aromatic carbocycles. The van der Waals surface area contributed by atoms with Crippen LogP contribution in [0.5, 0.6) is 0 Å². The van der Waals surface area contributed by atoms with Crippen molar-refractivity contribution in [1.29, 1.82) is 0 Å². The molecule has 0 aliphatic rings. The Balaban J connectivity index is 2.31. The summed E-state index contributed by atoms with van der Waals surface area (Å²) in [4.78, 5) is 25.3. The number of aryl methyl sites for hydroxylation is 3. The number of anilines is 1. The maximum atomic E-state index is 12.3. The number of carbonyl (C=O) groups is 2. The molecule has 4 nitrogen and oxygen atoms in total. The van der Waals surface area contributed by atoms with Crippen LogP contribution in [0.25, 0.3) is 0 Å². The zero-order chi connectivity index (χ0) is 15.6. The van der Waals surface area contributed by atoms with Gasteiger partial charge in [0.25, 0.3) is 5.91 Å². The van der Waals surface area contributed by atoms with Crippen molar-refractivity contribution in [3.63, 3.8) is 0 Å². The lowest BCUT2D eigenvalue weighted by atomic mass is 10.1. The van der Waals surface area contributed by atoms with Gasteiger partial charge in [0.15, 0.2) is 0 Å². The molecule has 0 radical (unpaired) electrons. The Labute approximate surface area is 127 Å². The van der Waals surface area contributed by atoms with E-state index in [9.17, 15) is 14.7 Å². The highest BCUT2D eigenvalue weighted by Gasteiger charge is 2.17. The second kappa shape index (κ2) is 6.10. The van der Waals surface area contributed by atoms with E-state index < -0.39 is 5.97 Å². The minimum atomic E-state index is -1.04. The minimum absolute atomic E-state index is 0.134. The van der Waals surface area contributed by atoms with Crippen molar-refractivity contribution in [2.24, 2.45) is 0 Å². The summed E-state index contributed by atoms with van der Waals surface area (Å²) in [5, 5.41) is 12.0. The number of benzene rings is 1. The number of amides is 1. The highest BCUT2D eigenvalue weighted by atomic mass is 32.1. The number of hydrogen-bond donors (Lipinski definition) is 2. The standard InChI is InChI=1S/C16H17NO3S/c1-4-11-8-13(21-10(11)3)15(18)17-12-7-5-6-9(2)14(12)16(19)20/h5-8H,4H2,1-3H3,(H,17,18)(H,19,20). The molecule has 0 bridgehead atoms. The predicted molar refractivity (Wildman–Crippen MR) is 84.5 cm³/mol. The summed E-state index contributed by atoms with van der Waals surface area (Å²) in [6, 6.07) is 6.92. The molecule has 0 atom stereocenters. The Morgan fingerprint density at radius 2 is 2.00 bits per heavy atom. The molecule has 5 heteroatoms. The van der Waals surface area contributed by atoms with Gasteiger partial charge in [0.05, 0.1) is 16.1 Å². The molecule has 1 heterocycles. The lowest BCUT2D eigenvalue weighted by Crippen LogP contribution is -2.14. The van der Waals surface area contributed by atoms with E-state index in [2.05, 4.69) is 5.32 Å². The zero-order valence-corrected chi connectivity index (χ0v) is 13.0. The molecule has 0 aliphatic carbocycles. The van der Waals surface area contributed by atoms with Gasteiger partial charge in [0, 0.05) is 4.88 Å². The summed E-state index contributed by atoms with van der Waals surface area (Å²) in [7, 11) is 0. The van der Waals surface area contributed by atoms with Crippen LogP contribution in [0.1, 0.15) is 43.0 Å². The van der Waals surface area contributed by atoms with Gasteiger partial charge in [0.2, 0.25) is 0 Å². The fourth-order valence-electron chi connectivity index (χ4n) is 2.22. The lowest BCUT2D eigenvalue weighted by molar-refractivity contribution is 0.0697. The Morgan fingerprint density at radius 1 is 1.29 bits per heavy atom. The molecule has 0 saturated heterocycles. The Kier molecular flexibility index (Phi) is 4.43. The van der Waals surface area contributed by atoms with E-state index >= 15 is 0 Å². The topological polar surface area (TPSA) is 66.4 Å². The third-order valence-corrected chi connectivity index (χ3v) is 4.45. The van der Waals surface area contributed by atoms with Gasteiger partial charge >= 0.3 is 5.97 Å². The van der Waals surface area contributed by atoms with Gasteiger partial charge in [-0.1, -0.05) is 19.1 Å². The third kappa shape index (κ3) is 3.13. The van der Waals surface area contributed by atoms with Crippen LogP contribution in [-0.2, 0) is 6.42 Å². The Morgan fingerprint density at radius 3 is 2.57 bits per heavy atom. The van der Waals surface area contributed by atoms with Crippen LogP contribution in [0.3, 0.4) is 0 Å². The van der Waals surface area contributed by atoms with Crippen LogP contribution in [0.15, 0.2) is 24.3 Å². The molecule has 0 spiro atoms. The van der Waals surface area contributed by atoms with Gasteiger partial charge in [-0.3, -0.25) is 4.79 Å². The molecule has 0 fully saturated rings. The van der Waals surface area contributed by atoms with Gasteiger partial charge in [-0.2, -0.15) is 0 Å². The molecular formula is C16H17NO3S. The first kappa shape index (κ1) is 15.3. The SMILES string of the molecule is CCc1cc(C(=O)Nc2cccc(C)c2C(=O)O)sc1C. The largest absolute Gasteiger partial charge is 0.478 e. The third-order valence-electron chi connectivity index (χ3n) is 3.36. The van der Waals surface area contributed by atoms with E-state index in [1.54, 1.807) is 25.1 Å². The van der Waals surface area contributed by atoms with E-state index in [4.69, 9.17) is 0 Å². The van der Waals surface area contributed by atoms with Crippen LogP contribution in [-0.4, -0.2) is 17.0 Å². The summed E-state index contributed by atoms with van der Waals surface area (Å²) in [5.41, 5.74) is 2.23. The van der Waals surface area contributed by atoms with Gasteiger partial charge in [-0.25, -0.2) is 4.79 Å². The molecule has 0 aliphatic heterocycles. The smallest absolute Gasteiger partial charge is 0.338 e. The number of rotatable bonds is 4. The summed E-state index contributed by atoms with van der Waals surface area (Å²) in [6.45, 7) is 5.74. The first-order valence-corrected chi connectivity index (χ1v) is 7.49. The highest BCUT2D eigenvalue weighted by Crippen LogP contribution is 2.25. The molecule has 21 heavy (non-hydrogen) atoms. The number of thiophene rings is 1. The van der Waals surface area contributed by atoms with Gasteiger partial charge in [0.1, 0.15) is 0 Å². The summed E-state index contributed by atoms with van der Waals surface area (Å²) in [6.07, 6.45) is 0.875. The van der Waals surface area contributed by atoms with Crippen molar-refractivity contribution in [1.82, 2.24) is 0 Å². The molecule has 2 aromatic rings. The van der Waals surface area contributed by atoms with Crippen molar-refractivity contribution >= 4 is 28.9 Å². The summed E-state index contributed by atoms with van der Waals surface area (Å²) < 4.78 is 0. The maximum Gasteiger partial charge on any atom is 0.338 e. The fourth-order valence-corrected chi connectivity index (χ4v) is 3.23. The van der Waals surface area contributed by atoms with Crippen molar-refractivity contribution in [2.45, 2.75) is 27.2 Å². The molecule has 2 N–H and O–H groups in total. The van der Waals surface area contributed by atoms with Crippen molar-refractivity contribution in [3.05, 3.63) is 50.7 Å². The first-order valence-electron chi connectivity index (χ1n) is 6.67. The van der Waals surface area contributed by atoms with Crippen LogP contribution in [0.2, 0.25) is 0 Å². The number of carboxylic acid groups (broad SMARTS) is 1. The predicted octanol–water partition coefficient (Wildman–Crippen LogP) is 3.88. The number of carboxylic acids is 1. The monoisotopic (exact) mass is 303 g/mol. The van der Waals surface area contributed by atoms with Crippen molar-refractivity contribution in [2.75, 3.05) is 5.32 Å². The molecule has 2 rings (SSSR count). The van der Waals surface area contributed by atoms with Crippen molar-refractivity contribution in [3.8, 4) is 0 Å². The van der Waals surface area contributed by atoms with Gasteiger partial charge in [-0.05, 0) is 43.5 Å². The number of nitrogens with one attached hydrogen (secondary N) is 1. The van der Waals surface area contributed by atoms with Crippen LogP contribution < -0.4 is 5.32 Å². The Hall–Kier alpha value is -2.14. The zero-order valence-electron chi connectivity index (χ0n) is 12.2. The summed E-state index contributed by atoms with van der Waals surface area (Å²) >= 11 is 1.43. The quantitative estimate of drug-likeness (QED) is 0.900. The Bertz CT molecular complexity index is 704. The second-order valence-electron chi connectivity index (χ2n) is 4.80. The molecule has 0 unspecified atom stereocenters. The highest BCUT2D eigenvalue weighted by molar-refractivity contribution is 7.14. The summed E-state index contributed by atoms with van der Waals surface area (Å²) in [5.74, 6) is -1.31. The number of carbonyl (C=O) groups excluding carboxylic acids is 1. The molecule has 1 aromatic heterocycles. The molecule has 110 valence electrons. The maximum absolute atomic E-state index is 12.3. The number of aromatic carboxylic acids is 1. The average Bonchev–Trinajstić information content (AvgIpc) is 2.79. The lowest BCUT2D eigenvalue weighted by Gasteiger charge is -2.09. The van der Waals surface area contributed by atoms with E-state index in [-0.39, 0.29) is 11.5 Å². The molecule has 0 saturated carbocycles. The fraction of sp³-hybridized carbons (Fsp3) is 0.250. The number of hydrogen-bond acceptors (Lipinski definition) is 3. The molecular weight excluding hydrogens is 286 g/mol. The van der Waals surface area contributed by atoms with E-state index in [0.29, 0.717) is 16.1 Å². The average molecular weight is 303 g/mol. The van der Waals surface area contributed by atoms with Gasteiger partial charge in [-0.15, -0.1) is 11.3 Å². The van der Waals surface area contributed by atoms with Crippen LogP contribution >= 0.6 is 11.3 Å². The molecule has 1 amide bonds. The van der Waals surface area contributed by atoms with E-state index in [0.717, 1.165) is 16.9 Å². The first-order chi connectivity index (χ1) is 9.93. The van der Waals surface area contributed by atoms with Crippen molar-refractivity contribution < 1.29 is 14.7 Å². The second-order valence-corrected chi connectivity index (χ2v) is 6.06.